The largest absolute Gasteiger partial charge is 0.494 e. The van der Waals surface area contributed by atoms with Crippen molar-refractivity contribution in [1.29, 1.82) is 0 Å². The van der Waals surface area contributed by atoms with E-state index in [1.54, 1.807) is 17.3 Å². The minimum absolute atomic E-state index is 0.0818. The van der Waals surface area contributed by atoms with Crippen molar-refractivity contribution in [1.82, 2.24) is 9.97 Å². The zero-order chi connectivity index (χ0) is 20.2. The van der Waals surface area contributed by atoms with E-state index in [0.717, 1.165) is 27.1 Å². The predicted molar refractivity (Wildman–Crippen MR) is 117 cm³/mol. The molecule has 146 valence electrons. The average Bonchev–Trinajstić information content (AvgIpc) is 3.15. The Morgan fingerprint density at radius 1 is 1.14 bits per heavy atom. The van der Waals surface area contributed by atoms with Crippen LogP contribution in [0.4, 0.5) is 5.13 Å². The lowest BCUT2D eigenvalue weighted by Gasteiger charge is -2.20. The summed E-state index contributed by atoms with van der Waals surface area (Å²) >= 11 is 1.49. The fourth-order valence-corrected chi connectivity index (χ4v) is 4.09. The maximum Gasteiger partial charge on any atom is 0.260 e. The Labute approximate surface area is 173 Å². The van der Waals surface area contributed by atoms with Crippen molar-refractivity contribution in [3.8, 4) is 5.75 Å². The number of aryl methyl sites for hydroxylation is 1. The van der Waals surface area contributed by atoms with E-state index in [2.05, 4.69) is 4.98 Å². The molecule has 0 atom stereocenters. The van der Waals surface area contributed by atoms with Crippen LogP contribution in [0.25, 0.3) is 10.2 Å². The van der Waals surface area contributed by atoms with Gasteiger partial charge in [-0.25, -0.2) is 4.98 Å². The number of benzene rings is 2. The van der Waals surface area contributed by atoms with Crippen molar-refractivity contribution < 1.29 is 9.53 Å². The van der Waals surface area contributed by atoms with Crippen LogP contribution in [0.15, 0.2) is 67.0 Å². The van der Waals surface area contributed by atoms with Crippen LogP contribution in [0.5, 0.6) is 5.75 Å². The number of fused-ring (bicyclic) bond motifs is 1. The number of nitrogens with zero attached hydrogens (tertiary/aromatic N) is 3. The Morgan fingerprint density at radius 2 is 2.03 bits per heavy atom. The Bertz CT molecular complexity index is 1140. The Morgan fingerprint density at radius 3 is 2.79 bits per heavy atom. The number of rotatable bonds is 6. The summed E-state index contributed by atoms with van der Waals surface area (Å²) in [5.41, 5.74) is 3.48. The van der Waals surface area contributed by atoms with Gasteiger partial charge >= 0.3 is 0 Å². The molecule has 1 amide bonds. The molecule has 0 fully saturated rings. The molecule has 29 heavy (non-hydrogen) atoms. The van der Waals surface area contributed by atoms with Gasteiger partial charge in [0.05, 0.1) is 23.4 Å². The van der Waals surface area contributed by atoms with E-state index in [9.17, 15) is 4.79 Å². The third kappa shape index (κ3) is 4.27. The number of aromatic nitrogens is 2. The van der Waals surface area contributed by atoms with Gasteiger partial charge in [0.25, 0.3) is 5.91 Å². The van der Waals surface area contributed by atoms with Crippen molar-refractivity contribution in [3.05, 3.63) is 83.7 Å². The van der Waals surface area contributed by atoms with Gasteiger partial charge in [0.1, 0.15) is 5.75 Å². The summed E-state index contributed by atoms with van der Waals surface area (Å²) in [7, 11) is 0. The molecule has 0 radical (unpaired) electrons. The summed E-state index contributed by atoms with van der Waals surface area (Å²) in [6.45, 7) is 4.95. The van der Waals surface area contributed by atoms with Crippen LogP contribution >= 0.6 is 11.3 Å². The number of ether oxygens (including phenoxy) is 1. The molecule has 4 aromatic rings. The zero-order valence-corrected chi connectivity index (χ0v) is 17.1. The van der Waals surface area contributed by atoms with E-state index in [4.69, 9.17) is 9.72 Å². The van der Waals surface area contributed by atoms with E-state index >= 15 is 0 Å². The summed E-state index contributed by atoms with van der Waals surface area (Å²) in [5, 5.41) is 0.656. The van der Waals surface area contributed by atoms with Crippen LogP contribution in [0.1, 0.15) is 28.4 Å². The molecule has 0 aliphatic heterocycles. The van der Waals surface area contributed by atoms with Crippen molar-refractivity contribution in [2.24, 2.45) is 0 Å². The standard InChI is InChI=1S/C23H21N3O2S/c1-3-28-19-9-10-20-21(13-19)29-23(25-20)26(15-17-7-5-11-24-14-17)22(27)18-8-4-6-16(2)12-18/h4-14H,3,15H2,1-2H3. The van der Waals surface area contributed by atoms with E-state index in [0.29, 0.717) is 23.8 Å². The van der Waals surface area contributed by atoms with Crippen LogP contribution in [-0.4, -0.2) is 22.5 Å². The fourth-order valence-electron chi connectivity index (χ4n) is 3.10. The topological polar surface area (TPSA) is 55.3 Å². The van der Waals surface area contributed by atoms with Crippen molar-refractivity contribution >= 4 is 32.6 Å². The quantitative estimate of drug-likeness (QED) is 0.441. The van der Waals surface area contributed by atoms with Gasteiger partial charge in [0.2, 0.25) is 0 Å². The Balaban J connectivity index is 1.75. The molecule has 0 saturated carbocycles. The lowest BCUT2D eigenvalue weighted by molar-refractivity contribution is 0.0985. The fraction of sp³-hybridized carbons (Fsp3) is 0.174. The van der Waals surface area contributed by atoms with Gasteiger partial charge in [-0.2, -0.15) is 0 Å². The van der Waals surface area contributed by atoms with E-state index in [1.165, 1.54) is 11.3 Å². The second-order valence-electron chi connectivity index (χ2n) is 6.68. The third-order valence-corrected chi connectivity index (χ3v) is 5.51. The molecule has 0 N–H and O–H groups in total. The van der Waals surface area contributed by atoms with Gasteiger partial charge in [0, 0.05) is 18.0 Å². The van der Waals surface area contributed by atoms with Crippen molar-refractivity contribution in [3.63, 3.8) is 0 Å². The molecule has 5 nitrogen and oxygen atoms in total. The first kappa shape index (κ1) is 19.1. The lowest BCUT2D eigenvalue weighted by atomic mass is 10.1. The number of pyridine rings is 1. The molecule has 0 spiro atoms. The molecule has 0 aliphatic carbocycles. The van der Waals surface area contributed by atoms with Gasteiger partial charge in [-0.15, -0.1) is 0 Å². The first-order chi connectivity index (χ1) is 14.1. The van der Waals surface area contributed by atoms with Gasteiger partial charge in [0.15, 0.2) is 5.13 Å². The van der Waals surface area contributed by atoms with Crippen LogP contribution < -0.4 is 9.64 Å². The number of carbonyl (C=O) groups is 1. The van der Waals surface area contributed by atoms with E-state index < -0.39 is 0 Å². The second-order valence-corrected chi connectivity index (χ2v) is 7.69. The number of amides is 1. The van der Waals surface area contributed by atoms with Crippen LogP contribution in [-0.2, 0) is 6.54 Å². The van der Waals surface area contributed by atoms with Crippen molar-refractivity contribution in [2.75, 3.05) is 11.5 Å². The Hall–Kier alpha value is -3.25. The molecule has 0 bridgehead atoms. The number of hydrogen-bond donors (Lipinski definition) is 0. The average molecular weight is 404 g/mol. The van der Waals surface area contributed by atoms with Crippen LogP contribution in [0, 0.1) is 6.92 Å². The Kier molecular flexibility index (Phi) is 5.53. The zero-order valence-electron chi connectivity index (χ0n) is 16.3. The third-order valence-electron chi connectivity index (χ3n) is 4.46. The molecular formula is C23H21N3O2S. The highest BCUT2D eigenvalue weighted by Crippen LogP contribution is 2.33. The first-order valence-corrected chi connectivity index (χ1v) is 10.3. The first-order valence-electron chi connectivity index (χ1n) is 9.45. The highest BCUT2D eigenvalue weighted by atomic mass is 32.1. The normalized spacial score (nSPS) is 10.8. The summed E-state index contributed by atoms with van der Waals surface area (Å²) in [5.74, 6) is 0.723. The number of hydrogen-bond acceptors (Lipinski definition) is 5. The molecule has 0 unspecified atom stereocenters. The molecular weight excluding hydrogens is 382 g/mol. The number of carbonyl (C=O) groups excluding carboxylic acids is 1. The minimum atomic E-state index is -0.0818. The van der Waals surface area contributed by atoms with Gasteiger partial charge in [-0.3, -0.25) is 14.7 Å². The lowest BCUT2D eigenvalue weighted by Crippen LogP contribution is -2.30. The van der Waals surface area contributed by atoms with Crippen LogP contribution in [0.3, 0.4) is 0 Å². The molecule has 4 rings (SSSR count). The molecule has 2 aromatic carbocycles. The number of thiazole rings is 1. The molecule has 0 aliphatic rings. The highest BCUT2D eigenvalue weighted by molar-refractivity contribution is 7.22. The molecule has 2 heterocycles. The predicted octanol–water partition coefficient (Wildman–Crippen LogP) is 5.25. The number of anilines is 1. The van der Waals surface area contributed by atoms with E-state index in [1.807, 2.05) is 68.4 Å². The van der Waals surface area contributed by atoms with Gasteiger partial charge < -0.3 is 4.74 Å². The molecule has 2 aromatic heterocycles. The summed E-state index contributed by atoms with van der Waals surface area (Å²) < 4.78 is 6.58. The summed E-state index contributed by atoms with van der Waals surface area (Å²) in [4.78, 5) is 24.0. The van der Waals surface area contributed by atoms with E-state index in [-0.39, 0.29) is 5.91 Å². The SMILES string of the molecule is CCOc1ccc2nc(N(Cc3cccnc3)C(=O)c3cccc(C)c3)sc2c1. The van der Waals surface area contributed by atoms with Gasteiger partial charge in [-0.1, -0.05) is 35.1 Å². The maximum atomic E-state index is 13.4. The summed E-state index contributed by atoms with van der Waals surface area (Å²) in [6.07, 6.45) is 3.50. The highest BCUT2D eigenvalue weighted by Gasteiger charge is 2.22. The maximum absolute atomic E-state index is 13.4. The second kappa shape index (κ2) is 8.41. The minimum Gasteiger partial charge on any atom is -0.494 e. The smallest absolute Gasteiger partial charge is 0.260 e. The van der Waals surface area contributed by atoms with Crippen molar-refractivity contribution in [2.45, 2.75) is 20.4 Å². The molecule has 0 saturated heterocycles. The summed E-state index contributed by atoms with van der Waals surface area (Å²) in [6, 6.07) is 17.3. The van der Waals surface area contributed by atoms with Crippen LogP contribution in [0.2, 0.25) is 0 Å². The van der Waals surface area contributed by atoms with Gasteiger partial charge in [-0.05, 0) is 55.8 Å². The molecule has 6 heteroatoms. The monoisotopic (exact) mass is 403 g/mol.